The van der Waals surface area contributed by atoms with Gasteiger partial charge >= 0.3 is 0 Å². The number of halogens is 3. The van der Waals surface area contributed by atoms with Crippen molar-refractivity contribution < 1.29 is 9.18 Å². The average molecular weight is 534 g/mol. The van der Waals surface area contributed by atoms with E-state index in [-0.39, 0.29) is 22.2 Å². The van der Waals surface area contributed by atoms with Gasteiger partial charge in [0.25, 0.3) is 5.56 Å². The predicted molar refractivity (Wildman–Crippen MR) is 138 cm³/mol. The predicted octanol–water partition coefficient (Wildman–Crippen LogP) is 6.50. The third-order valence-electron chi connectivity index (χ3n) is 5.58. The third-order valence-corrected chi connectivity index (χ3v) is 8.24. The number of thioether (sulfide) groups is 1. The summed E-state index contributed by atoms with van der Waals surface area (Å²) in [4.78, 5) is 33.0. The van der Waals surface area contributed by atoms with E-state index in [1.165, 1.54) is 23.1 Å². The second-order valence-corrected chi connectivity index (χ2v) is 10.7. The van der Waals surface area contributed by atoms with Gasteiger partial charge in [-0.15, -0.1) is 11.3 Å². The Labute approximate surface area is 212 Å². The number of benzene rings is 2. The van der Waals surface area contributed by atoms with Gasteiger partial charge in [0.05, 0.1) is 21.8 Å². The summed E-state index contributed by atoms with van der Waals surface area (Å²) in [6, 6.07) is 10.9. The minimum Gasteiger partial charge on any atom is -0.325 e. The molecule has 1 aliphatic rings. The van der Waals surface area contributed by atoms with Crippen LogP contribution in [0.4, 0.5) is 10.1 Å². The fourth-order valence-corrected chi connectivity index (χ4v) is 6.42. The number of carbonyl (C=O) groups excluding carboxylic acids is 1. The van der Waals surface area contributed by atoms with Crippen molar-refractivity contribution in [3.8, 4) is 5.69 Å². The van der Waals surface area contributed by atoms with Gasteiger partial charge in [-0.25, -0.2) is 9.37 Å². The van der Waals surface area contributed by atoms with Crippen molar-refractivity contribution in [2.45, 2.75) is 30.8 Å². The normalized spacial score (nSPS) is 13.1. The summed E-state index contributed by atoms with van der Waals surface area (Å²) in [7, 11) is 0. The summed E-state index contributed by atoms with van der Waals surface area (Å²) in [5.74, 6) is -0.877. The molecule has 0 unspecified atom stereocenters. The Morgan fingerprint density at radius 3 is 2.68 bits per heavy atom. The Kier molecular flexibility index (Phi) is 6.66. The molecule has 34 heavy (non-hydrogen) atoms. The number of aromatic nitrogens is 2. The highest BCUT2D eigenvalue weighted by molar-refractivity contribution is 7.99. The molecule has 4 aromatic rings. The van der Waals surface area contributed by atoms with Gasteiger partial charge < -0.3 is 5.32 Å². The number of aryl methyl sites for hydroxylation is 2. The molecule has 174 valence electrons. The van der Waals surface area contributed by atoms with Crippen LogP contribution in [0.3, 0.4) is 0 Å². The molecule has 0 radical (unpaired) electrons. The molecule has 5 rings (SSSR count). The fraction of sp³-hybridized carbons (Fsp3) is 0.208. The first-order chi connectivity index (χ1) is 16.4. The van der Waals surface area contributed by atoms with E-state index >= 15 is 0 Å². The molecule has 0 atom stereocenters. The van der Waals surface area contributed by atoms with E-state index in [0.717, 1.165) is 43.0 Å². The van der Waals surface area contributed by atoms with Crippen molar-refractivity contribution >= 4 is 68.1 Å². The number of nitrogens with zero attached hydrogens (tertiary/aromatic N) is 2. The maximum Gasteiger partial charge on any atom is 0.267 e. The van der Waals surface area contributed by atoms with Gasteiger partial charge in [-0.05, 0) is 73.7 Å². The SMILES string of the molecule is O=C(CSc1nc2sc3c(c2c(=O)n1-c1ccc(Cl)cc1)CCCC3)Nc1ccc(F)c(Cl)c1. The van der Waals surface area contributed by atoms with Crippen LogP contribution < -0.4 is 10.9 Å². The lowest BCUT2D eigenvalue weighted by Crippen LogP contribution is -2.23. The minimum absolute atomic E-state index is 0.00558. The number of rotatable bonds is 5. The fourth-order valence-electron chi connectivity index (χ4n) is 4.00. The Bertz CT molecular complexity index is 1470. The van der Waals surface area contributed by atoms with Crippen molar-refractivity contribution in [3.05, 3.63) is 79.1 Å². The highest BCUT2D eigenvalue weighted by Crippen LogP contribution is 2.35. The lowest BCUT2D eigenvalue weighted by molar-refractivity contribution is -0.113. The molecule has 5 nitrogen and oxygen atoms in total. The van der Waals surface area contributed by atoms with Crippen LogP contribution in [0.2, 0.25) is 10.0 Å². The van der Waals surface area contributed by atoms with E-state index in [0.29, 0.717) is 31.8 Å². The van der Waals surface area contributed by atoms with Gasteiger partial charge in [0.2, 0.25) is 5.91 Å². The van der Waals surface area contributed by atoms with Crippen molar-refractivity contribution in [2.75, 3.05) is 11.1 Å². The topological polar surface area (TPSA) is 64.0 Å². The van der Waals surface area contributed by atoms with Crippen LogP contribution in [0.15, 0.2) is 52.4 Å². The lowest BCUT2D eigenvalue weighted by atomic mass is 9.97. The smallest absolute Gasteiger partial charge is 0.267 e. The molecule has 1 N–H and O–H groups in total. The van der Waals surface area contributed by atoms with Crippen LogP contribution in [0.5, 0.6) is 0 Å². The first kappa shape index (κ1) is 23.4. The minimum atomic E-state index is -0.558. The highest BCUT2D eigenvalue weighted by Gasteiger charge is 2.23. The summed E-state index contributed by atoms with van der Waals surface area (Å²) in [5, 5.41) is 4.28. The molecule has 0 saturated heterocycles. The van der Waals surface area contributed by atoms with Crippen LogP contribution in [0.25, 0.3) is 15.9 Å². The summed E-state index contributed by atoms with van der Waals surface area (Å²) in [5.41, 5.74) is 1.99. The molecule has 1 aliphatic carbocycles. The maximum absolute atomic E-state index is 13.7. The van der Waals surface area contributed by atoms with Gasteiger partial charge in [-0.1, -0.05) is 35.0 Å². The number of hydrogen-bond donors (Lipinski definition) is 1. The monoisotopic (exact) mass is 533 g/mol. The van der Waals surface area contributed by atoms with E-state index in [9.17, 15) is 14.0 Å². The molecule has 0 bridgehead atoms. The van der Waals surface area contributed by atoms with Crippen LogP contribution in [0, 0.1) is 5.82 Å². The number of hydrogen-bond acceptors (Lipinski definition) is 5. The molecule has 0 spiro atoms. The number of carbonyl (C=O) groups is 1. The molecule has 2 heterocycles. The molecule has 2 aromatic heterocycles. The van der Waals surface area contributed by atoms with Gasteiger partial charge in [-0.2, -0.15) is 0 Å². The van der Waals surface area contributed by atoms with Gasteiger partial charge in [0.1, 0.15) is 10.6 Å². The Morgan fingerprint density at radius 2 is 1.91 bits per heavy atom. The maximum atomic E-state index is 13.7. The lowest BCUT2D eigenvalue weighted by Gasteiger charge is -2.14. The number of anilines is 1. The molecule has 1 amide bonds. The van der Waals surface area contributed by atoms with Crippen LogP contribution in [-0.2, 0) is 17.6 Å². The Balaban J connectivity index is 1.50. The zero-order valence-corrected chi connectivity index (χ0v) is 20.9. The van der Waals surface area contributed by atoms with Crippen LogP contribution in [-0.4, -0.2) is 21.2 Å². The second-order valence-electron chi connectivity index (χ2n) is 7.87. The van der Waals surface area contributed by atoms with Gasteiger partial charge in [-0.3, -0.25) is 14.2 Å². The van der Waals surface area contributed by atoms with Crippen molar-refractivity contribution in [2.24, 2.45) is 0 Å². The molecular weight excluding hydrogens is 516 g/mol. The first-order valence-electron chi connectivity index (χ1n) is 10.6. The largest absolute Gasteiger partial charge is 0.325 e. The second kappa shape index (κ2) is 9.70. The summed E-state index contributed by atoms with van der Waals surface area (Å²) >= 11 is 14.6. The zero-order valence-electron chi connectivity index (χ0n) is 17.7. The van der Waals surface area contributed by atoms with E-state index < -0.39 is 5.82 Å². The first-order valence-corrected chi connectivity index (χ1v) is 13.2. The number of nitrogens with one attached hydrogen (secondary N) is 1. The van der Waals surface area contributed by atoms with Crippen molar-refractivity contribution in [1.82, 2.24) is 9.55 Å². The third kappa shape index (κ3) is 4.60. The molecule has 2 aromatic carbocycles. The summed E-state index contributed by atoms with van der Waals surface area (Å²) < 4.78 is 14.9. The van der Waals surface area contributed by atoms with E-state index in [1.54, 1.807) is 40.2 Å². The zero-order chi connectivity index (χ0) is 23.8. The van der Waals surface area contributed by atoms with Gasteiger partial charge in [0.15, 0.2) is 5.16 Å². The highest BCUT2D eigenvalue weighted by atomic mass is 35.5. The number of fused-ring (bicyclic) bond motifs is 3. The van der Waals surface area contributed by atoms with E-state index in [4.69, 9.17) is 28.2 Å². The molecule has 10 heteroatoms. The van der Waals surface area contributed by atoms with E-state index in [1.807, 2.05) is 0 Å². The average Bonchev–Trinajstić information content (AvgIpc) is 3.20. The van der Waals surface area contributed by atoms with Crippen molar-refractivity contribution in [1.29, 1.82) is 0 Å². The summed E-state index contributed by atoms with van der Waals surface area (Å²) in [6.07, 6.45) is 4.01. The van der Waals surface area contributed by atoms with Gasteiger partial charge in [0, 0.05) is 15.6 Å². The Morgan fingerprint density at radius 1 is 1.15 bits per heavy atom. The van der Waals surface area contributed by atoms with Crippen molar-refractivity contribution in [3.63, 3.8) is 0 Å². The molecule has 0 fully saturated rings. The molecule has 0 saturated carbocycles. The molecular formula is C24H18Cl2FN3O2S2. The van der Waals surface area contributed by atoms with Crippen LogP contribution >= 0.6 is 46.3 Å². The Hall–Kier alpha value is -2.39. The van der Waals surface area contributed by atoms with Crippen LogP contribution in [0.1, 0.15) is 23.3 Å². The standard InChI is InChI=1S/C24H18Cl2FN3O2S2/c25-13-5-8-15(9-6-13)30-23(32)21-16-3-1-2-4-19(16)34-22(21)29-24(30)33-12-20(31)28-14-7-10-18(27)17(26)11-14/h5-11H,1-4,12H2,(H,28,31). The quantitative estimate of drug-likeness (QED) is 0.235. The molecule has 0 aliphatic heterocycles. The number of thiophene rings is 1. The van der Waals surface area contributed by atoms with E-state index in [2.05, 4.69) is 5.32 Å². The summed E-state index contributed by atoms with van der Waals surface area (Å²) in [6.45, 7) is 0. The number of amides is 1.